The molecule has 8 heteroatoms. The van der Waals surface area contributed by atoms with Crippen LogP contribution in [0.2, 0.25) is 0 Å². The van der Waals surface area contributed by atoms with E-state index >= 15 is 0 Å². The van der Waals surface area contributed by atoms with Crippen molar-refractivity contribution in [2.24, 2.45) is 11.0 Å². The lowest BCUT2D eigenvalue weighted by molar-refractivity contribution is -0.312. The highest BCUT2D eigenvalue weighted by molar-refractivity contribution is 7.12. The van der Waals surface area contributed by atoms with E-state index in [-0.39, 0.29) is 22.0 Å². The molecular formula is C13H13F3N2O2S. The van der Waals surface area contributed by atoms with Gasteiger partial charge in [0.2, 0.25) is 0 Å². The second kappa shape index (κ2) is 4.81. The van der Waals surface area contributed by atoms with Gasteiger partial charge in [0.1, 0.15) is 0 Å². The predicted octanol–water partition coefficient (Wildman–Crippen LogP) is 3.00. The first-order valence-electron chi connectivity index (χ1n) is 6.60. The van der Waals surface area contributed by atoms with Crippen LogP contribution in [0.4, 0.5) is 13.2 Å². The standard InChI is InChI=1S/C13H13F3N2O2S/c14-13(15,16)12(20)8-4-1-2-5-9(8)17-18(12)11(19)10-6-3-7-21-10/h3,6-8,20H,1-2,4-5H2/t8-,12-/m0/s1. The average molecular weight is 318 g/mol. The third-order valence-corrected chi connectivity index (χ3v) is 4.81. The zero-order valence-corrected chi connectivity index (χ0v) is 11.7. The first-order valence-corrected chi connectivity index (χ1v) is 7.48. The van der Waals surface area contributed by atoms with Crippen molar-refractivity contribution < 1.29 is 23.1 Å². The summed E-state index contributed by atoms with van der Waals surface area (Å²) in [6.07, 6.45) is -3.07. The molecule has 114 valence electrons. The molecule has 1 saturated carbocycles. The second-order valence-electron chi connectivity index (χ2n) is 5.21. The van der Waals surface area contributed by atoms with Crippen LogP contribution in [-0.4, -0.2) is 33.6 Å². The lowest BCUT2D eigenvalue weighted by Crippen LogP contribution is -2.61. The molecule has 2 aliphatic rings. The van der Waals surface area contributed by atoms with Gasteiger partial charge in [0.05, 0.1) is 10.8 Å². The maximum absolute atomic E-state index is 13.5. The van der Waals surface area contributed by atoms with Crippen molar-refractivity contribution >= 4 is 23.0 Å². The van der Waals surface area contributed by atoms with Gasteiger partial charge in [-0.15, -0.1) is 11.3 Å². The number of hydrazone groups is 1. The van der Waals surface area contributed by atoms with Gasteiger partial charge in [-0.2, -0.15) is 23.3 Å². The summed E-state index contributed by atoms with van der Waals surface area (Å²) in [6.45, 7) is 0. The lowest BCUT2D eigenvalue weighted by Gasteiger charge is -2.38. The van der Waals surface area contributed by atoms with Crippen LogP contribution in [-0.2, 0) is 0 Å². The molecule has 3 rings (SSSR count). The Balaban J connectivity index is 2.04. The van der Waals surface area contributed by atoms with Crippen molar-refractivity contribution in [1.29, 1.82) is 0 Å². The number of hydrogen-bond acceptors (Lipinski definition) is 4. The minimum atomic E-state index is -4.95. The number of hydrogen-bond donors (Lipinski definition) is 1. The van der Waals surface area contributed by atoms with Gasteiger partial charge in [0.25, 0.3) is 11.6 Å². The van der Waals surface area contributed by atoms with E-state index in [1.165, 1.54) is 6.07 Å². The normalized spacial score (nSPS) is 29.2. The molecule has 1 amide bonds. The van der Waals surface area contributed by atoms with Crippen LogP contribution >= 0.6 is 11.3 Å². The monoisotopic (exact) mass is 318 g/mol. The summed E-state index contributed by atoms with van der Waals surface area (Å²) in [6, 6.07) is 2.99. The van der Waals surface area contributed by atoms with Crippen molar-refractivity contribution in [2.75, 3.05) is 0 Å². The summed E-state index contributed by atoms with van der Waals surface area (Å²) in [5.74, 6) is -2.07. The molecule has 0 aromatic carbocycles. The largest absolute Gasteiger partial charge is 0.439 e. The van der Waals surface area contributed by atoms with Gasteiger partial charge in [-0.3, -0.25) is 4.79 Å². The van der Waals surface area contributed by atoms with Crippen molar-refractivity contribution in [3.8, 4) is 0 Å². The van der Waals surface area contributed by atoms with Crippen LogP contribution in [0.1, 0.15) is 35.4 Å². The molecule has 4 nitrogen and oxygen atoms in total. The highest BCUT2D eigenvalue weighted by Gasteiger charge is 2.68. The summed E-state index contributed by atoms with van der Waals surface area (Å²) in [5, 5.41) is 16.0. The minimum Gasteiger partial charge on any atom is -0.362 e. The lowest BCUT2D eigenvalue weighted by atomic mass is 9.80. The molecule has 1 aliphatic heterocycles. The molecule has 21 heavy (non-hydrogen) atoms. The maximum Gasteiger partial charge on any atom is 0.439 e. The van der Waals surface area contributed by atoms with E-state index in [0.717, 1.165) is 17.8 Å². The van der Waals surface area contributed by atoms with Crippen molar-refractivity contribution in [3.05, 3.63) is 22.4 Å². The summed E-state index contributed by atoms with van der Waals surface area (Å²) >= 11 is 1.02. The van der Waals surface area contributed by atoms with E-state index in [2.05, 4.69) is 5.10 Å². The fourth-order valence-corrected chi connectivity index (χ4v) is 3.57. The fraction of sp³-hybridized carbons (Fsp3) is 0.538. The van der Waals surface area contributed by atoms with Gasteiger partial charge in [-0.05, 0) is 30.7 Å². The van der Waals surface area contributed by atoms with Crippen LogP contribution in [0.5, 0.6) is 0 Å². The van der Waals surface area contributed by atoms with Crippen molar-refractivity contribution in [3.63, 3.8) is 0 Å². The molecule has 1 aromatic rings. The minimum absolute atomic E-state index is 0.126. The van der Waals surface area contributed by atoms with E-state index in [0.29, 0.717) is 12.8 Å². The highest BCUT2D eigenvalue weighted by Crippen LogP contribution is 2.48. The Kier molecular flexibility index (Phi) is 3.32. The molecule has 1 N–H and O–H groups in total. The highest BCUT2D eigenvalue weighted by atomic mass is 32.1. The van der Waals surface area contributed by atoms with Crippen molar-refractivity contribution in [2.45, 2.75) is 37.6 Å². The van der Waals surface area contributed by atoms with E-state index < -0.39 is 23.7 Å². The van der Waals surface area contributed by atoms with Crippen LogP contribution in [0.15, 0.2) is 22.6 Å². The average Bonchev–Trinajstić information content (AvgIpc) is 3.05. The van der Waals surface area contributed by atoms with Gasteiger partial charge >= 0.3 is 6.18 Å². The Morgan fingerprint density at radius 3 is 2.86 bits per heavy atom. The molecule has 0 bridgehead atoms. The van der Waals surface area contributed by atoms with Crippen LogP contribution in [0, 0.1) is 5.92 Å². The van der Waals surface area contributed by atoms with Crippen molar-refractivity contribution in [1.82, 2.24) is 5.01 Å². The quantitative estimate of drug-likeness (QED) is 0.865. The predicted molar refractivity (Wildman–Crippen MR) is 70.9 cm³/mol. The number of fused-ring (bicyclic) bond motifs is 1. The van der Waals surface area contributed by atoms with E-state index in [4.69, 9.17) is 0 Å². The van der Waals surface area contributed by atoms with Gasteiger partial charge in [-0.1, -0.05) is 12.5 Å². The number of aliphatic hydroxyl groups is 1. The molecular weight excluding hydrogens is 305 g/mol. The number of halogens is 3. The molecule has 1 fully saturated rings. The Labute approximate surface area is 122 Å². The first kappa shape index (κ1) is 14.5. The van der Waals surface area contributed by atoms with Gasteiger partial charge in [0, 0.05) is 5.71 Å². The summed E-state index contributed by atoms with van der Waals surface area (Å²) < 4.78 is 40.4. The maximum atomic E-state index is 13.5. The van der Waals surface area contributed by atoms with E-state index in [9.17, 15) is 23.1 Å². The molecule has 2 atom stereocenters. The summed E-state index contributed by atoms with van der Waals surface area (Å²) in [5.41, 5.74) is -2.96. The smallest absolute Gasteiger partial charge is 0.362 e. The number of rotatable bonds is 1. The Bertz CT molecular complexity index is 585. The third-order valence-electron chi connectivity index (χ3n) is 3.96. The Morgan fingerprint density at radius 1 is 1.48 bits per heavy atom. The number of amides is 1. The Morgan fingerprint density at radius 2 is 2.24 bits per heavy atom. The third kappa shape index (κ3) is 2.08. The molecule has 1 aromatic heterocycles. The second-order valence-corrected chi connectivity index (χ2v) is 6.16. The van der Waals surface area contributed by atoms with Gasteiger partial charge < -0.3 is 5.11 Å². The molecule has 2 heterocycles. The van der Waals surface area contributed by atoms with Crippen LogP contribution in [0.25, 0.3) is 0 Å². The van der Waals surface area contributed by atoms with Gasteiger partial charge in [-0.25, -0.2) is 0 Å². The van der Waals surface area contributed by atoms with Crippen LogP contribution < -0.4 is 0 Å². The van der Waals surface area contributed by atoms with E-state index in [1.54, 1.807) is 11.4 Å². The first-order chi connectivity index (χ1) is 9.85. The zero-order valence-electron chi connectivity index (χ0n) is 10.9. The number of nitrogens with zero attached hydrogens (tertiary/aromatic N) is 2. The molecule has 1 aliphatic carbocycles. The fourth-order valence-electron chi connectivity index (χ4n) is 2.92. The van der Waals surface area contributed by atoms with Gasteiger partial charge in [0.15, 0.2) is 0 Å². The zero-order chi connectivity index (χ0) is 15.3. The Hall–Kier alpha value is -1.41. The SMILES string of the molecule is O=C(c1cccs1)N1N=C2CCCC[C@@H]2[C@]1(O)C(F)(F)F. The number of carbonyl (C=O) groups excluding carboxylic acids is 1. The molecule has 0 radical (unpaired) electrons. The van der Waals surface area contributed by atoms with Crippen LogP contribution in [0.3, 0.4) is 0 Å². The summed E-state index contributed by atoms with van der Waals surface area (Å²) in [7, 11) is 0. The molecule has 0 saturated heterocycles. The topological polar surface area (TPSA) is 52.9 Å². The number of carbonyl (C=O) groups is 1. The molecule has 0 spiro atoms. The number of thiophene rings is 1. The number of alkyl halides is 3. The molecule has 0 unspecified atom stereocenters. The van der Waals surface area contributed by atoms with E-state index in [1.807, 2.05) is 0 Å². The summed E-state index contributed by atoms with van der Waals surface area (Å²) in [4.78, 5) is 12.4.